The number of fused-ring (bicyclic) bond motifs is 2. The van der Waals surface area contributed by atoms with Crippen molar-refractivity contribution in [2.45, 2.75) is 38.4 Å². The molecule has 0 aliphatic heterocycles. The van der Waals surface area contributed by atoms with Crippen LogP contribution in [-0.2, 0) is 24.3 Å². The summed E-state index contributed by atoms with van der Waals surface area (Å²) in [5.74, 6) is 0.0131. The Hall–Kier alpha value is -2.99. The van der Waals surface area contributed by atoms with E-state index in [1.807, 2.05) is 19.2 Å². The van der Waals surface area contributed by atoms with Gasteiger partial charge in [-0.15, -0.1) is 0 Å². The van der Waals surface area contributed by atoms with Crippen molar-refractivity contribution in [2.24, 2.45) is 5.73 Å². The first-order valence-electron chi connectivity index (χ1n) is 9.59. The van der Waals surface area contributed by atoms with Gasteiger partial charge in [-0.2, -0.15) is 0 Å². The highest BCUT2D eigenvalue weighted by Crippen LogP contribution is 2.34. The lowest BCUT2D eigenvalue weighted by Gasteiger charge is -2.33. The number of carbonyl (C=O) groups excluding carboxylic acids is 1. The van der Waals surface area contributed by atoms with E-state index >= 15 is 0 Å². The number of rotatable bonds is 5. The molecule has 144 valence electrons. The molecule has 0 fully saturated rings. The third-order valence-corrected chi connectivity index (χ3v) is 5.52. The van der Waals surface area contributed by atoms with E-state index in [-0.39, 0.29) is 18.1 Å². The van der Waals surface area contributed by atoms with Crippen LogP contribution in [0.25, 0.3) is 10.9 Å². The molecule has 0 radical (unpaired) electrons. The summed E-state index contributed by atoms with van der Waals surface area (Å²) in [6.07, 6.45) is 3.29. The number of benzene rings is 2. The third kappa shape index (κ3) is 3.43. The predicted octanol–water partition coefficient (Wildman–Crippen LogP) is 2.39. The van der Waals surface area contributed by atoms with Crippen LogP contribution >= 0.6 is 0 Å². The highest BCUT2D eigenvalue weighted by atomic mass is 16.2. The fraction of sp³-hybridized carbons (Fsp3) is 0.318. The number of hydrogen-bond donors (Lipinski definition) is 1. The molecular formula is C22H24N4O2. The van der Waals surface area contributed by atoms with Crippen LogP contribution in [0.15, 0.2) is 53.3 Å². The summed E-state index contributed by atoms with van der Waals surface area (Å²) in [5.41, 5.74) is 8.53. The summed E-state index contributed by atoms with van der Waals surface area (Å²) in [7, 11) is 2.04. The van der Waals surface area contributed by atoms with Crippen LogP contribution in [0.4, 0.5) is 0 Å². The van der Waals surface area contributed by atoms with Gasteiger partial charge in [0, 0.05) is 6.04 Å². The first kappa shape index (κ1) is 18.4. The van der Waals surface area contributed by atoms with Crippen LogP contribution < -0.4 is 11.3 Å². The number of aryl methyl sites for hydroxylation is 1. The first-order chi connectivity index (χ1) is 13.5. The van der Waals surface area contributed by atoms with E-state index in [1.165, 1.54) is 15.7 Å². The van der Waals surface area contributed by atoms with Crippen LogP contribution in [0.1, 0.15) is 35.8 Å². The number of primary amides is 1. The van der Waals surface area contributed by atoms with Crippen molar-refractivity contribution in [3.63, 3.8) is 0 Å². The zero-order valence-electron chi connectivity index (χ0n) is 16.0. The van der Waals surface area contributed by atoms with Crippen molar-refractivity contribution in [3.05, 3.63) is 75.8 Å². The monoisotopic (exact) mass is 376 g/mol. The highest BCUT2D eigenvalue weighted by Gasteiger charge is 2.25. The van der Waals surface area contributed by atoms with Gasteiger partial charge in [-0.1, -0.05) is 36.4 Å². The van der Waals surface area contributed by atoms with Gasteiger partial charge in [0.1, 0.15) is 12.4 Å². The molecule has 1 aromatic heterocycles. The lowest BCUT2D eigenvalue weighted by Crippen LogP contribution is -2.35. The van der Waals surface area contributed by atoms with Crippen molar-refractivity contribution >= 4 is 16.8 Å². The molecule has 0 bridgehead atoms. The summed E-state index contributed by atoms with van der Waals surface area (Å²) in [5, 5.41) is 0.498. The van der Waals surface area contributed by atoms with E-state index in [2.05, 4.69) is 29.2 Å². The first-order valence-corrected chi connectivity index (χ1v) is 9.59. The quantitative estimate of drug-likeness (QED) is 0.741. The van der Waals surface area contributed by atoms with Crippen LogP contribution in [0.5, 0.6) is 0 Å². The zero-order valence-corrected chi connectivity index (χ0v) is 16.0. The van der Waals surface area contributed by atoms with E-state index in [4.69, 9.17) is 10.7 Å². The third-order valence-electron chi connectivity index (χ3n) is 5.52. The molecule has 1 amide bonds. The Morgan fingerprint density at radius 1 is 1.21 bits per heavy atom. The van der Waals surface area contributed by atoms with Gasteiger partial charge >= 0.3 is 0 Å². The molecule has 0 saturated carbocycles. The molecule has 1 atom stereocenters. The van der Waals surface area contributed by atoms with E-state index in [1.54, 1.807) is 12.1 Å². The number of aromatic nitrogens is 2. The number of amides is 1. The second kappa shape index (κ2) is 7.56. The zero-order chi connectivity index (χ0) is 19.7. The molecule has 6 nitrogen and oxygen atoms in total. The fourth-order valence-corrected chi connectivity index (χ4v) is 4.17. The molecule has 4 rings (SSSR count). The summed E-state index contributed by atoms with van der Waals surface area (Å²) in [6.45, 7) is 0.299. The minimum absolute atomic E-state index is 0.166. The van der Waals surface area contributed by atoms with Gasteiger partial charge in [-0.05, 0) is 49.6 Å². The van der Waals surface area contributed by atoms with Crippen molar-refractivity contribution in [1.82, 2.24) is 14.5 Å². The average molecular weight is 376 g/mol. The normalized spacial score (nSPS) is 16.3. The molecule has 1 aliphatic carbocycles. The lowest BCUT2D eigenvalue weighted by molar-refractivity contribution is -0.118. The number of nitrogens with two attached hydrogens (primary N) is 1. The van der Waals surface area contributed by atoms with Gasteiger partial charge in [0.25, 0.3) is 5.56 Å². The van der Waals surface area contributed by atoms with Crippen molar-refractivity contribution < 1.29 is 4.79 Å². The summed E-state index contributed by atoms with van der Waals surface area (Å²) in [4.78, 5) is 31.4. The van der Waals surface area contributed by atoms with Gasteiger partial charge < -0.3 is 5.73 Å². The largest absolute Gasteiger partial charge is 0.368 e. The maximum atomic E-state index is 12.9. The van der Waals surface area contributed by atoms with Gasteiger partial charge in [0.05, 0.1) is 17.4 Å². The average Bonchev–Trinajstić information content (AvgIpc) is 2.70. The molecule has 3 aromatic rings. The molecular weight excluding hydrogens is 352 g/mol. The molecule has 0 spiro atoms. The minimum atomic E-state index is -0.550. The Balaban J connectivity index is 1.73. The molecule has 6 heteroatoms. The van der Waals surface area contributed by atoms with Crippen LogP contribution in [0.2, 0.25) is 0 Å². The predicted molar refractivity (Wildman–Crippen MR) is 109 cm³/mol. The van der Waals surface area contributed by atoms with E-state index < -0.39 is 5.91 Å². The smallest absolute Gasteiger partial charge is 0.261 e. The Labute approximate surface area is 163 Å². The minimum Gasteiger partial charge on any atom is -0.368 e. The Bertz CT molecular complexity index is 1090. The molecule has 2 N–H and O–H groups in total. The summed E-state index contributed by atoms with van der Waals surface area (Å²) < 4.78 is 1.41. The summed E-state index contributed by atoms with van der Waals surface area (Å²) >= 11 is 0. The van der Waals surface area contributed by atoms with Crippen molar-refractivity contribution in [1.29, 1.82) is 0 Å². The topological polar surface area (TPSA) is 81.2 Å². The Morgan fingerprint density at radius 2 is 1.96 bits per heavy atom. The number of nitrogens with zero attached hydrogens (tertiary/aromatic N) is 3. The SMILES string of the molecule is CN(Cc1nc2ccccc2c(=O)n1CC(N)=O)[C@H]1CCCc2ccccc21. The molecule has 28 heavy (non-hydrogen) atoms. The Kier molecular flexibility index (Phi) is 4.96. The second-order valence-corrected chi connectivity index (χ2v) is 7.42. The summed E-state index contributed by atoms with van der Waals surface area (Å²) in [6, 6.07) is 16.0. The van der Waals surface area contributed by atoms with E-state index in [0.717, 1.165) is 19.3 Å². The van der Waals surface area contributed by atoms with Crippen molar-refractivity contribution in [3.8, 4) is 0 Å². The maximum absolute atomic E-state index is 12.9. The molecule has 1 heterocycles. The van der Waals surface area contributed by atoms with Gasteiger partial charge in [-0.25, -0.2) is 4.98 Å². The maximum Gasteiger partial charge on any atom is 0.261 e. The molecule has 0 saturated heterocycles. The van der Waals surface area contributed by atoms with E-state index in [9.17, 15) is 9.59 Å². The van der Waals surface area contributed by atoms with Gasteiger partial charge in [0.15, 0.2) is 0 Å². The number of para-hydroxylation sites is 1. The van der Waals surface area contributed by atoms with Crippen LogP contribution in [0.3, 0.4) is 0 Å². The molecule has 1 aliphatic rings. The van der Waals surface area contributed by atoms with Crippen LogP contribution in [0, 0.1) is 0 Å². The number of carbonyl (C=O) groups is 1. The van der Waals surface area contributed by atoms with Gasteiger partial charge in [-0.3, -0.25) is 19.1 Å². The highest BCUT2D eigenvalue weighted by molar-refractivity contribution is 5.78. The molecule has 0 unspecified atom stereocenters. The van der Waals surface area contributed by atoms with Crippen molar-refractivity contribution in [2.75, 3.05) is 7.05 Å². The van der Waals surface area contributed by atoms with Gasteiger partial charge in [0.2, 0.25) is 5.91 Å². The Morgan fingerprint density at radius 3 is 2.79 bits per heavy atom. The lowest BCUT2D eigenvalue weighted by atomic mass is 9.87. The second-order valence-electron chi connectivity index (χ2n) is 7.42. The fourth-order valence-electron chi connectivity index (χ4n) is 4.17. The van der Waals surface area contributed by atoms with Crippen LogP contribution in [-0.4, -0.2) is 27.4 Å². The molecule has 2 aromatic carbocycles. The number of hydrogen-bond acceptors (Lipinski definition) is 4. The van der Waals surface area contributed by atoms with E-state index in [0.29, 0.717) is 23.3 Å². The standard InChI is InChI=1S/C22H24N4O2/c1-25(19-12-6-8-15-7-2-3-9-16(15)19)14-21-24-18-11-5-4-10-17(18)22(28)26(21)13-20(23)27/h2-5,7,9-11,19H,6,8,12-14H2,1H3,(H2,23,27)/t19-/m0/s1.